The molecule has 0 bridgehead atoms. The second-order valence-corrected chi connectivity index (χ2v) is 10.2. The molecule has 5 nitrogen and oxygen atoms in total. The number of thiocyanates is 1. The number of Topliss-reactive ketones (excluding diaryl/α,β-unsaturated/α-hetero) is 1. The average Bonchev–Trinajstić information content (AvgIpc) is 2.68. The molecule has 2 atom stereocenters. The molecule has 0 aliphatic heterocycles. The van der Waals surface area contributed by atoms with Crippen LogP contribution in [0.15, 0.2) is 53.0 Å². The minimum Gasteiger partial charge on any atom is -0.444 e. The first-order valence-electron chi connectivity index (χ1n) is 9.61. The molecule has 7 heteroatoms. The molecule has 0 fully saturated rings. The minimum atomic E-state index is -1.17. The van der Waals surface area contributed by atoms with E-state index in [1.165, 1.54) is 0 Å². The highest BCUT2D eigenvalue weighted by molar-refractivity contribution is 9.10. The summed E-state index contributed by atoms with van der Waals surface area (Å²) in [7, 11) is 0. The van der Waals surface area contributed by atoms with Crippen molar-refractivity contribution in [3.05, 3.63) is 69.7 Å². The van der Waals surface area contributed by atoms with Gasteiger partial charge in [0.05, 0.1) is 6.04 Å². The summed E-state index contributed by atoms with van der Waals surface area (Å²) >= 11 is 4.35. The number of benzene rings is 2. The molecule has 1 aliphatic carbocycles. The Bertz CT molecular complexity index is 998. The topological polar surface area (TPSA) is 79.2 Å². The number of ether oxygens (including phenoxy) is 1. The number of fused-ring (bicyclic) bond motifs is 1. The molecule has 0 heterocycles. The monoisotopic (exact) mass is 486 g/mol. The Kier molecular flexibility index (Phi) is 6.59. The van der Waals surface area contributed by atoms with E-state index in [1.807, 2.05) is 42.5 Å². The summed E-state index contributed by atoms with van der Waals surface area (Å²) in [6.45, 7) is 5.34. The molecular formula is C23H23BrN2O3S. The largest absolute Gasteiger partial charge is 0.444 e. The number of hydrogen-bond donors (Lipinski definition) is 1. The van der Waals surface area contributed by atoms with Gasteiger partial charge in [0, 0.05) is 10.0 Å². The predicted molar refractivity (Wildman–Crippen MR) is 121 cm³/mol. The first-order valence-corrected chi connectivity index (χ1v) is 11.2. The van der Waals surface area contributed by atoms with Crippen LogP contribution < -0.4 is 5.32 Å². The number of nitriles is 1. The highest BCUT2D eigenvalue weighted by Gasteiger charge is 2.51. The molecule has 2 aromatic rings. The van der Waals surface area contributed by atoms with E-state index in [1.54, 1.807) is 26.8 Å². The molecule has 2 aromatic carbocycles. The molecule has 0 spiro atoms. The molecule has 0 aromatic heterocycles. The zero-order valence-corrected chi connectivity index (χ0v) is 19.5. The quantitative estimate of drug-likeness (QED) is 0.552. The van der Waals surface area contributed by atoms with Gasteiger partial charge >= 0.3 is 6.09 Å². The van der Waals surface area contributed by atoms with E-state index in [0.717, 1.165) is 27.4 Å². The third-order valence-corrected chi connectivity index (χ3v) is 6.53. The van der Waals surface area contributed by atoms with Crippen molar-refractivity contribution in [1.82, 2.24) is 5.32 Å². The van der Waals surface area contributed by atoms with Gasteiger partial charge in [0.15, 0.2) is 5.78 Å². The molecule has 156 valence electrons. The van der Waals surface area contributed by atoms with Crippen molar-refractivity contribution in [3.8, 4) is 5.40 Å². The highest BCUT2D eigenvalue weighted by Crippen LogP contribution is 2.47. The van der Waals surface area contributed by atoms with Gasteiger partial charge in [-0.3, -0.25) is 4.79 Å². The smallest absolute Gasteiger partial charge is 0.408 e. The molecule has 30 heavy (non-hydrogen) atoms. The molecule has 1 aliphatic rings. The second-order valence-electron chi connectivity index (χ2n) is 8.20. The van der Waals surface area contributed by atoms with Crippen LogP contribution >= 0.6 is 27.7 Å². The molecular weight excluding hydrogens is 464 g/mol. The Balaban J connectivity index is 2.09. The summed E-state index contributed by atoms with van der Waals surface area (Å²) in [6, 6.07) is 14.2. The van der Waals surface area contributed by atoms with Crippen molar-refractivity contribution >= 4 is 39.6 Å². The Morgan fingerprint density at radius 2 is 1.97 bits per heavy atom. The zero-order valence-electron chi connectivity index (χ0n) is 17.1. The lowest BCUT2D eigenvalue weighted by Gasteiger charge is -2.41. The number of thioether (sulfide) groups is 1. The second kappa shape index (κ2) is 8.83. The molecule has 0 unspecified atom stereocenters. The van der Waals surface area contributed by atoms with Gasteiger partial charge < -0.3 is 10.1 Å². The van der Waals surface area contributed by atoms with E-state index >= 15 is 0 Å². The van der Waals surface area contributed by atoms with Gasteiger partial charge in [-0.15, -0.1) is 0 Å². The molecule has 1 amide bonds. The zero-order chi connectivity index (χ0) is 21.9. The number of alkyl carbamates (subject to hydrolysis) is 1. The fourth-order valence-electron chi connectivity index (χ4n) is 3.69. The van der Waals surface area contributed by atoms with E-state index in [-0.39, 0.29) is 5.78 Å². The number of nitrogens with one attached hydrogen (secondary N) is 1. The van der Waals surface area contributed by atoms with Crippen LogP contribution in [0.1, 0.15) is 54.7 Å². The van der Waals surface area contributed by atoms with Crippen molar-refractivity contribution < 1.29 is 14.3 Å². The maximum Gasteiger partial charge on any atom is 0.408 e. The highest BCUT2D eigenvalue weighted by atomic mass is 79.9. The first kappa shape index (κ1) is 22.4. The lowest BCUT2D eigenvalue weighted by molar-refractivity contribution is 0.0487. The lowest BCUT2D eigenvalue weighted by Crippen LogP contribution is -2.52. The summed E-state index contributed by atoms with van der Waals surface area (Å²) in [5.41, 5.74) is 1.58. The van der Waals surface area contributed by atoms with Gasteiger partial charge in [-0.2, -0.15) is 5.26 Å². The van der Waals surface area contributed by atoms with Gasteiger partial charge in [0.25, 0.3) is 0 Å². The summed E-state index contributed by atoms with van der Waals surface area (Å²) < 4.78 is 5.10. The summed E-state index contributed by atoms with van der Waals surface area (Å²) in [4.78, 5) is 26.5. The van der Waals surface area contributed by atoms with E-state index in [0.29, 0.717) is 18.4 Å². The van der Waals surface area contributed by atoms with E-state index in [4.69, 9.17) is 4.74 Å². The van der Waals surface area contributed by atoms with Crippen LogP contribution in [0.3, 0.4) is 0 Å². The minimum absolute atomic E-state index is 0.165. The van der Waals surface area contributed by atoms with Crippen LogP contribution in [0.5, 0.6) is 0 Å². The number of hydrogen-bond acceptors (Lipinski definition) is 5. The Morgan fingerprint density at radius 1 is 1.27 bits per heavy atom. The summed E-state index contributed by atoms with van der Waals surface area (Å²) in [6.07, 6.45) is 0.429. The fraction of sp³-hybridized carbons (Fsp3) is 0.348. The van der Waals surface area contributed by atoms with Gasteiger partial charge in [-0.1, -0.05) is 52.3 Å². The van der Waals surface area contributed by atoms with Crippen LogP contribution in [0, 0.1) is 10.7 Å². The van der Waals surface area contributed by atoms with Crippen LogP contribution in [0.2, 0.25) is 0 Å². The molecule has 0 radical (unpaired) electrons. The molecule has 0 saturated carbocycles. The molecule has 0 saturated heterocycles. The number of rotatable bonds is 4. The fourth-order valence-corrected chi connectivity index (χ4v) is 4.94. The first-order chi connectivity index (χ1) is 14.2. The number of ketones is 1. The third-order valence-electron chi connectivity index (χ3n) is 4.95. The predicted octanol–water partition coefficient (Wildman–Crippen LogP) is 5.80. The van der Waals surface area contributed by atoms with Crippen molar-refractivity contribution in [2.75, 3.05) is 0 Å². The molecule has 1 N–H and O–H groups in total. The van der Waals surface area contributed by atoms with Gasteiger partial charge in [-0.25, -0.2) is 4.79 Å². The summed E-state index contributed by atoms with van der Waals surface area (Å²) in [5.74, 6) is -0.165. The lowest BCUT2D eigenvalue weighted by atomic mass is 9.76. The van der Waals surface area contributed by atoms with Crippen molar-refractivity contribution in [1.29, 1.82) is 5.26 Å². The number of halogens is 1. The number of aryl methyl sites for hydroxylation is 1. The standard InChI is InChI=1S/C23H23BrN2O3S/c1-22(2,3)29-21(28)26-19(16-7-5-4-6-8-16)23(30-14-25)12-11-15-9-10-17(24)13-18(15)20(23)27/h4-10,13,19H,11-12H2,1-3H3,(H,26,28)/t19-,23-/m0/s1. The number of nitrogens with zero attached hydrogens (tertiary/aromatic N) is 1. The summed E-state index contributed by atoms with van der Waals surface area (Å²) in [5, 5.41) is 14.6. The van der Waals surface area contributed by atoms with Gasteiger partial charge in [0.1, 0.15) is 15.7 Å². The van der Waals surface area contributed by atoms with E-state index < -0.39 is 22.5 Å². The SMILES string of the molecule is CC(C)(C)OC(=O)N[C@@H](c1ccccc1)[C@@]1(SC#N)CCc2ccc(Br)cc2C1=O. The van der Waals surface area contributed by atoms with E-state index in [2.05, 4.69) is 26.6 Å². The van der Waals surface area contributed by atoms with Crippen molar-refractivity contribution in [2.45, 2.75) is 50.0 Å². The Labute approximate surface area is 189 Å². The van der Waals surface area contributed by atoms with Gasteiger partial charge in [-0.05, 0) is 68.6 Å². The normalized spacial score (nSPS) is 19.4. The maximum atomic E-state index is 13.8. The number of carbonyl (C=O) groups excluding carboxylic acids is 2. The Hall–Kier alpha value is -2.30. The maximum absolute atomic E-state index is 13.8. The van der Waals surface area contributed by atoms with Crippen molar-refractivity contribution in [3.63, 3.8) is 0 Å². The van der Waals surface area contributed by atoms with Crippen molar-refractivity contribution in [2.24, 2.45) is 0 Å². The van der Waals surface area contributed by atoms with Crippen LogP contribution in [0.25, 0.3) is 0 Å². The average molecular weight is 487 g/mol. The Morgan fingerprint density at radius 3 is 2.60 bits per heavy atom. The third kappa shape index (κ3) is 4.71. The van der Waals surface area contributed by atoms with E-state index in [9.17, 15) is 14.9 Å². The van der Waals surface area contributed by atoms with Crippen LogP contribution in [-0.4, -0.2) is 22.2 Å². The number of amides is 1. The van der Waals surface area contributed by atoms with Gasteiger partial charge in [0.2, 0.25) is 0 Å². The number of carbonyl (C=O) groups is 2. The molecule has 3 rings (SSSR count). The van der Waals surface area contributed by atoms with Crippen LogP contribution in [-0.2, 0) is 11.2 Å². The van der Waals surface area contributed by atoms with Crippen LogP contribution in [0.4, 0.5) is 4.79 Å².